The molecule has 0 N–H and O–H groups in total. The van der Waals surface area contributed by atoms with Crippen molar-refractivity contribution in [3.05, 3.63) is 30.3 Å². The van der Waals surface area contributed by atoms with Crippen molar-refractivity contribution in [2.75, 3.05) is 0 Å². The molecule has 0 aliphatic rings. The van der Waals surface area contributed by atoms with Crippen LogP contribution in [0.4, 0.5) is 0 Å². The topological polar surface area (TPSA) is 26.0 Å². The minimum absolute atomic E-state index is 0.476. The third-order valence-corrected chi connectivity index (χ3v) is 1.95. The molecular formula is C10H11NO. The molecular weight excluding hydrogens is 150 g/mol. The second-order valence-corrected chi connectivity index (χ2v) is 3.22. The molecule has 0 aromatic carbocycles. The van der Waals surface area contributed by atoms with Gasteiger partial charge in [-0.3, -0.25) is 4.98 Å². The lowest BCUT2D eigenvalue weighted by atomic mass is 10.1. The SMILES string of the molecule is CC(C)c1cc2ccoc2cn1. The van der Waals surface area contributed by atoms with Crippen molar-refractivity contribution in [3.63, 3.8) is 0 Å². The number of pyridine rings is 1. The Kier molecular flexibility index (Phi) is 1.61. The maximum atomic E-state index is 5.19. The van der Waals surface area contributed by atoms with Gasteiger partial charge in [-0.25, -0.2) is 0 Å². The van der Waals surface area contributed by atoms with Gasteiger partial charge in [-0.2, -0.15) is 0 Å². The van der Waals surface area contributed by atoms with Crippen LogP contribution < -0.4 is 0 Å². The molecule has 0 radical (unpaired) electrons. The van der Waals surface area contributed by atoms with Crippen LogP contribution in [-0.2, 0) is 0 Å². The second-order valence-electron chi connectivity index (χ2n) is 3.22. The highest BCUT2D eigenvalue weighted by Gasteiger charge is 2.02. The molecule has 0 fully saturated rings. The normalized spacial score (nSPS) is 11.2. The van der Waals surface area contributed by atoms with E-state index in [0.29, 0.717) is 5.92 Å². The van der Waals surface area contributed by atoms with Gasteiger partial charge in [-0.1, -0.05) is 13.8 Å². The number of aromatic nitrogens is 1. The molecule has 2 heterocycles. The smallest absolute Gasteiger partial charge is 0.152 e. The first-order valence-electron chi connectivity index (χ1n) is 4.10. The lowest BCUT2D eigenvalue weighted by Crippen LogP contribution is -1.90. The Morgan fingerprint density at radius 3 is 3.00 bits per heavy atom. The molecule has 0 bridgehead atoms. The Labute approximate surface area is 71.2 Å². The molecule has 0 spiro atoms. The average Bonchev–Trinajstić information content (AvgIpc) is 2.49. The molecule has 2 nitrogen and oxygen atoms in total. The summed E-state index contributed by atoms with van der Waals surface area (Å²) in [6, 6.07) is 4.03. The molecule has 0 aliphatic heterocycles. The zero-order valence-corrected chi connectivity index (χ0v) is 7.24. The van der Waals surface area contributed by atoms with E-state index in [-0.39, 0.29) is 0 Å². The molecule has 0 saturated heterocycles. The van der Waals surface area contributed by atoms with Gasteiger partial charge >= 0.3 is 0 Å². The minimum atomic E-state index is 0.476. The lowest BCUT2D eigenvalue weighted by Gasteiger charge is -2.01. The number of hydrogen-bond acceptors (Lipinski definition) is 2. The number of fused-ring (bicyclic) bond motifs is 1. The summed E-state index contributed by atoms with van der Waals surface area (Å²) in [5.74, 6) is 0.476. The molecule has 2 aromatic rings. The van der Waals surface area contributed by atoms with Gasteiger partial charge in [-0.15, -0.1) is 0 Å². The van der Waals surface area contributed by atoms with Crippen LogP contribution in [0.25, 0.3) is 11.0 Å². The predicted octanol–water partition coefficient (Wildman–Crippen LogP) is 2.95. The summed E-state index contributed by atoms with van der Waals surface area (Å²) in [7, 11) is 0. The maximum absolute atomic E-state index is 5.19. The van der Waals surface area contributed by atoms with E-state index in [0.717, 1.165) is 16.7 Å². The zero-order valence-electron chi connectivity index (χ0n) is 7.24. The summed E-state index contributed by atoms with van der Waals surface area (Å²) in [4.78, 5) is 4.28. The monoisotopic (exact) mass is 161 g/mol. The van der Waals surface area contributed by atoms with Crippen molar-refractivity contribution in [1.29, 1.82) is 0 Å². The van der Waals surface area contributed by atoms with E-state index in [2.05, 4.69) is 24.9 Å². The van der Waals surface area contributed by atoms with E-state index >= 15 is 0 Å². The van der Waals surface area contributed by atoms with Gasteiger partial charge in [0.25, 0.3) is 0 Å². The fraction of sp³-hybridized carbons (Fsp3) is 0.300. The van der Waals surface area contributed by atoms with Crippen molar-refractivity contribution in [2.24, 2.45) is 0 Å². The van der Waals surface area contributed by atoms with Gasteiger partial charge in [0.2, 0.25) is 0 Å². The Hall–Kier alpha value is -1.31. The van der Waals surface area contributed by atoms with Gasteiger partial charge in [0.15, 0.2) is 5.58 Å². The highest BCUT2D eigenvalue weighted by molar-refractivity contribution is 5.76. The van der Waals surface area contributed by atoms with Crippen molar-refractivity contribution in [1.82, 2.24) is 4.98 Å². The summed E-state index contributed by atoms with van der Waals surface area (Å²) in [6.45, 7) is 4.27. The summed E-state index contributed by atoms with van der Waals surface area (Å²) in [5.41, 5.74) is 1.98. The summed E-state index contributed by atoms with van der Waals surface area (Å²) in [6.07, 6.45) is 3.47. The summed E-state index contributed by atoms with van der Waals surface area (Å²) >= 11 is 0. The highest BCUT2D eigenvalue weighted by Crippen LogP contribution is 2.19. The van der Waals surface area contributed by atoms with E-state index in [9.17, 15) is 0 Å². The largest absolute Gasteiger partial charge is 0.463 e. The third-order valence-electron chi connectivity index (χ3n) is 1.95. The fourth-order valence-electron chi connectivity index (χ4n) is 1.20. The van der Waals surface area contributed by atoms with Gasteiger partial charge in [0.1, 0.15) is 0 Å². The fourth-order valence-corrected chi connectivity index (χ4v) is 1.20. The van der Waals surface area contributed by atoms with E-state index in [1.807, 2.05) is 6.07 Å². The van der Waals surface area contributed by atoms with Crippen LogP contribution in [0, 0.1) is 0 Å². The van der Waals surface area contributed by atoms with E-state index < -0.39 is 0 Å². The molecule has 0 atom stereocenters. The summed E-state index contributed by atoms with van der Waals surface area (Å²) < 4.78 is 5.19. The second kappa shape index (κ2) is 2.63. The van der Waals surface area contributed by atoms with Crippen LogP contribution in [0.2, 0.25) is 0 Å². The molecule has 0 aliphatic carbocycles. The number of nitrogens with zero attached hydrogens (tertiary/aromatic N) is 1. The van der Waals surface area contributed by atoms with Crippen molar-refractivity contribution >= 4 is 11.0 Å². The first-order valence-corrected chi connectivity index (χ1v) is 4.10. The molecule has 12 heavy (non-hydrogen) atoms. The average molecular weight is 161 g/mol. The van der Waals surface area contributed by atoms with Crippen molar-refractivity contribution in [3.8, 4) is 0 Å². The number of furan rings is 1. The van der Waals surface area contributed by atoms with Crippen LogP contribution in [0.3, 0.4) is 0 Å². The van der Waals surface area contributed by atoms with Gasteiger partial charge in [0.05, 0.1) is 12.5 Å². The number of hydrogen-bond donors (Lipinski definition) is 0. The molecule has 2 heteroatoms. The van der Waals surface area contributed by atoms with Crippen LogP contribution in [0.5, 0.6) is 0 Å². The molecule has 0 amide bonds. The summed E-state index contributed by atoms with van der Waals surface area (Å²) in [5, 5.41) is 1.13. The standard InChI is InChI=1S/C10H11NO/c1-7(2)9-5-8-3-4-12-10(8)6-11-9/h3-7H,1-2H3. The Bertz CT molecular complexity index is 389. The Balaban J connectivity index is 2.60. The van der Waals surface area contributed by atoms with E-state index in [1.165, 1.54) is 0 Å². The third kappa shape index (κ3) is 1.09. The first kappa shape index (κ1) is 7.35. The zero-order chi connectivity index (χ0) is 8.55. The van der Waals surface area contributed by atoms with Crippen LogP contribution in [0.15, 0.2) is 29.0 Å². The molecule has 62 valence electrons. The van der Waals surface area contributed by atoms with Crippen LogP contribution >= 0.6 is 0 Å². The molecule has 2 rings (SSSR count). The minimum Gasteiger partial charge on any atom is -0.463 e. The number of rotatable bonds is 1. The van der Waals surface area contributed by atoms with Crippen LogP contribution in [0.1, 0.15) is 25.5 Å². The quantitative estimate of drug-likeness (QED) is 0.642. The van der Waals surface area contributed by atoms with Gasteiger partial charge in [-0.05, 0) is 18.1 Å². The van der Waals surface area contributed by atoms with E-state index in [1.54, 1.807) is 12.5 Å². The molecule has 0 unspecified atom stereocenters. The van der Waals surface area contributed by atoms with Crippen LogP contribution in [-0.4, -0.2) is 4.98 Å². The molecule has 2 aromatic heterocycles. The Morgan fingerprint density at radius 2 is 2.25 bits per heavy atom. The molecule has 0 saturated carbocycles. The van der Waals surface area contributed by atoms with Gasteiger partial charge < -0.3 is 4.42 Å². The van der Waals surface area contributed by atoms with E-state index in [4.69, 9.17) is 4.42 Å². The van der Waals surface area contributed by atoms with Gasteiger partial charge in [0, 0.05) is 11.1 Å². The van der Waals surface area contributed by atoms with Crippen molar-refractivity contribution < 1.29 is 4.42 Å². The maximum Gasteiger partial charge on any atom is 0.152 e. The lowest BCUT2D eigenvalue weighted by molar-refractivity contribution is 0.613. The van der Waals surface area contributed by atoms with Crippen molar-refractivity contribution in [2.45, 2.75) is 19.8 Å². The first-order chi connectivity index (χ1) is 5.77. The highest BCUT2D eigenvalue weighted by atomic mass is 16.3. The Morgan fingerprint density at radius 1 is 1.42 bits per heavy atom. The predicted molar refractivity (Wildman–Crippen MR) is 48.1 cm³/mol.